The maximum Gasteiger partial charge on any atom is 0.289 e. The van der Waals surface area contributed by atoms with E-state index in [0.29, 0.717) is 24.6 Å². The molecule has 5 heteroatoms. The van der Waals surface area contributed by atoms with Gasteiger partial charge in [0.1, 0.15) is 5.76 Å². The van der Waals surface area contributed by atoms with Gasteiger partial charge in [0.15, 0.2) is 5.76 Å². The summed E-state index contributed by atoms with van der Waals surface area (Å²) in [6.45, 7) is 6.40. The molecule has 1 aliphatic rings. The van der Waals surface area contributed by atoms with Crippen molar-refractivity contribution in [1.82, 2.24) is 4.90 Å². The zero-order chi connectivity index (χ0) is 13.3. The third kappa shape index (κ3) is 2.73. The first-order valence-electron chi connectivity index (χ1n) is 6.06. The summed E-state index contributed by atoms with van der Waals surface area (Å²) in [7, 11) is 0. The summed E-state index contributed by atoms with van der Waals surface area (Å²) >= 11 is 0. The molecule has 1 amide bonds. The number of hydrogen-bond acceptors (Lipinski definition) is 4. The molecule has 1 saturated heterocycles. The number of carbonyl (C=O) groups excluding carboxylic acids is 1. The van der Waals surface area contributed by atoms with Gasteiger partial charge >= 0.3 is 0 Å². The Kier molecular flexibility index (Phi) is 3.45. The van der Waals surface area contributed by atoms with Crippen molar-refractivity contribution >= 4 is 5.91 Å². The van der Waals surface area contributed by atoms with Gasteiger partial charge in [-0.2, -0.15) is 0 Å². The average Bonchev–Trinajstić information content (AvgIpc) is 2.72. The summed E-state index contributed by atoms with van der Waals surface area (Å²) in [4.78, 5) is 13.9. The fourth-order valence-corrected chi connectivity index (χ4v) is 2.25. The second-order valence-electron chi connectivity index (χ2n) is 5.28. The molecule has 1 N–H and O–H groups in total. The fourth-order valence-electron chi connectivity index (χ4n) is 2.25. The van der Waals surface area contributed by atoms with Crippen LogP contribution in [-0.4, -0.2) is 47.3 Å². The van der Waals surface area contributed by atoms with Gasteiger partial charge in [0.25, 0.3) is 5.91 Å². The van der Waals surface area contributed by atoms with Crippen molar-refractivity contribution in [1.29, 1.82) is 0 Å². The van der Waals surface area contributed by atoms with Crippen LogP contribution in [0.25, 0.3) is 0 Å². The van der Waals surface area contributed by atoms with Crippen LogP contribution in [0.2, 0.25) is 0 Å². The number of aliphatic hydroxyl groups is 1. The number of carbonyl (C=O) groups is 1. The predicted octanol–water partition coefficient (Wildman–Crippen LogP) is 1.20. The van der Waals surface area contributed by atoms with Crippen LogP contribution < -0.4 is 0 Å². The number of hydrogen-bond donors (Lipinski definition) is 1. The van der Waals surface area contributed by atoms with Crippen LogP contribution in [-0.2, 0) is 4.74 Å². The number of furan rings is 1. The first kappa shape index (κ1) is 13.1. The molecule has 1 unspecified atom stereocenters. The van der Waals surface area contributed by atoms with Crippen molar-refractivity contribution < 1.29 is 19.1 Å². The van der Waals surface area contributed by atoms with Gasteiger partial charge in [0.05, 0.1) is 18.3 Å². The molecule has 18 heavy (non-hydrogen) atoms. The van der Waals surface area contributed by atoms with Gasteiger partial charge in [-0.1, -0.05) is 0 Å². The summed E-state index contributed by atoms with van der Waals surface area (Å²) in [6.07, 6.45) is -0.339. The van der Waals surface area contributed by atoms with E-state index in [1.807, 2.05) is 13.8 Å². The lowest BCUT2D eigenvalue weighted by atomic mass is 10.1. The minimum Gasteiger partial charge on any atom is -0.456 e. The Labute approximate surface area is 106 Å². The van der Waals surface area contributed by atoms with Crippen molar-refractivity contribution in [3.8, 4) is 0 Å². The molecule has 0 bridgehead atoms. The molecule has 0 aromatic carbocycles. The van der Waals surface area contributed by atoms with Gasteiger partial charge in [-0.15, -0.1) is 0 Å². The normalized spacial score (nSPS) is 23.1. The number of rotatable bonds is 2. The molecule has 100 valence electrons. The van der Waals surface area contributed by atoms with Crippen LogP contribution in [0.1, 0.15) is 30.2 Å². The first-order valence-corrected chi connectivity index (χ1v) is 6.06. The maximum absolute atomic E-state index is 12.3. The van der Waals surface area contributed by atoms with Crippen LogP contribution >= 0.6 is 0 Å². The standard InChI is InChI=1S/C13H19NO4/c1-9-4-5-11(17-9)12(16)14-6-10(7-15)18-13(2,3)8-14/h4-5,10,15H,6-8H2,1-3H3. The highest BCUT2D eigenvalue weighted by atomic mass is 16.5. The Hall–Kier alpha value is -1.33. The lowest BCUT2D eigenvalue weighted by Gasteiger charge is -2.41. The quantitative estimate of drug-likeness (QED) is 0.860. The van der Waals surface area contributed by atoms with Crippen molar-refractivity contribution in [2.75, 3.05) is 19.7 Å². The van der Waals surface area contributed by atoms with Crippen molar-refractivity contribution in [3.05, 3.63) is 23.7 Å². The molecule has 0 saturated carbocycles. The van der Waals surface area contributed by atoms with E-state index >= 15 is 0 Å². The summed E-state index contributed by atoms with van der Waals surface area (Å²) < 4.78 is 11.0. The summed E-state index contributed by atoms with van der Waals surface area (Å²) in [5, 5.41) is 9.21. The van der Waals surface area contributed by atoms with Gasteiger partial charge in [-0.05, 0) is 32.9 Å². The molecule has 2 heterocycles. The molecular weight excluding hydrogens is 234 g/mol. The Balaban J connectivity index is 2.14. The molecule has 1 aromatic rings. The lowest BCUT2D eigenvalue weighted by molar-refractivity contribution is -0.139. The molecule has 1 aliphatic heterocycles. The topological polar surface area (TPSA) is 62.9 Å². The Morgan fingerprint density at radius 3 is 2.83 bits per heavy atom. The van der Waals surface area contributed by atoms with Gasteiger partial charge in [-0.3, -0.25) is 4.79 Å². The number of aryl methyl sites for hydroxylation is 1. The number of ether oxygens (including phenoxy) is 1. The number of nitrogens with zero attached hydrogens (tertiary/aromatic N) is 1. The van der Waals surface area contributed by atoms with Crippen molar-refractivity contribution in [2.45, 2.75) is 32.5 Å². The molecule has 5 nitrogen and oxygen atoms in total. The van der Waals surface area contributed by atoms with Crippen LogP contribution in [0.3, 0.4) is 0 Å². The third-order valence-corrected chi connectivity index (χ3v) is 2.92. The second kappa shape index (κ2) is 4.74. The zero-order valence-electron chi connectivity index (χ0n) is 11.0. The molecule has 1 fully saturated rings. The largest absolute Gasteiger partial charge is 0.456 e. The van der Waals surface area contributed by atoms with E-state index in [2.05, 4.69) is 0 Å². The molecule has 1 atom stereocenters. The molecule has 1 aromatic heterocycles. The number of amides is 1. The molecular formula is C13H19NO4. The smallest absolute Gasteiger partial charge is 0.289 e. The highest BCUT2D eigenvalue weighted by molar-refractivity contribution is 5.91. The monoisotopic (exact) mass is 253 g/mol. The maximum atomic E-state index is 12.3. The van der Waals surface area contributed by atoms with E-state index in [0.717, 1.165) is 0 Å². The lowest BCUT2D eigenvalue weighted by Crippen LogP contribution is -2.55. The minimum atomic E-state index is -0.455. The number of morpholine rings is 1. The van der Waals surface area contributed by atoms with E-state index in [9.17, 15) is 9.90 Å². The summed E-state index contributed by atoms with van der Waals surface area (Å²) in [5.74, 6) is 0.893. The van der Waals surface area contributed by atoms with E-state index in [1.54, 1.807) is 24.0 Å². The second-order valence-corrected chi connectivity index (χ2v) is 5.28. The Bertz CT molecular complexity index is 438. The van der Waals surface area contributed by atoms with Crippen LogP contribution in [0.4, 0.5) is 0 Å². The van der Waals surface area contributed by atoms with Crippen LogP contribution in [0.15, 0.2) is 16.5 Å². The Morgan fingerprint density at radius 2 is 2.28 bits per heavy atom. The van der Waals surface area contributed by atoms with E-state index in [1.165, 1.54) is 0 Å². The molecule has 0 radical (unpaired) electrons. The SMILES string of the molecule is Cc1ccc(C(=O)N2CC(CO)OC(C)(C)C2)o1. The van der Waals surface area contributed by atoms with Gasteiger partial charge in [-0.25, -0.2) is 0 Å². The molecule has 0 spiro atoms. The molecule has 2 rings (SSSR count). The Morgan fingerprint density at radius 1 is 1.56 bits per heavy atom. The van der Waals surface area contributed by atoms with Crippen LogP contribution in [0, 0.1) is 6.92 Å². The van der Waals surface area contributed by atoms with E-state index < -0.39 is 5.60 Å². The molecule has 0 aliphatic carbocycles. The first-order chi connectivity index (χ1) is 8.41. The predicted molar refractivity (Wildman–Crippen MR) is 65.4 cm³/mol. The van der Waals surface area contributed by atoms with E-state index in [-0.39, 0.29) is 18.6 Å². The van der Waals surface area contributed by atoms with E-state index in [4.69, 9.17) is 9.15 Å². The minimum absolute atomic E-state index is 0.0929. The fraction of sp³-hybridized carbons (Fsp3) is 0.615. The van der Waals surface area contributed by atoms with Gasteiger partial charge < -0.3 is 19.2 Å². The zero-order valence-corrected chi connectivity index (χ0v) is 11.0. The average molecular weight is 253 g/mol. The van der Waals surface area contributed by atoms with Crippen molar-refractivity contribution in [3.63, 3.8) is 0 Å². The van der Waals surface area contributed by atoms with Crippen LogP contribution in [0.5, 0.6) is 0 Å². The van der Waals surface area contributed by atoms with Gasteiger partial charge in [0, 0.05) is 13.1 Å². The van der Waals surface area contributed by atoms with Crippen molar-refractivity contribution in [2.24, 2.45) is 0 Å². The van der Waals surface area contributed by atoms with Gasteiger partial charge in [0.2, 0.25) is 0 Å². The highest BCUT2D eigenvalue weighted by Gasteiger charge is 2.36. The summed E-state index contributed by atoms with van der Waals surface area (Å²) in [6, 6.07) is 3.44. The third-order valence-electron chi connectivity index (χ3n) is 2.92. The highest BCUT2D eigenvalue weighted by Crippen LogP contribution is 2.22. The summed E-state index contributed by atoms with van der Waals surface area (Å²) in [5.41, 5.74) is -0.455. The number of aliphatic hydroxyl groups excluding tert-OH is 1.